The average Bonchev–Trinajstić information content (AvgIpc) is 2.71. The van der Waals surface area contributed by atoms with Crippen LogP contribution in [0.25, 0.3) is 0 Å². The van der Waals surface area contributed by atoms with Gasteiger partial charge in [-0.25, -0.2) is 8.78 Å². The van der Waals surface area contributed by atoms with Gasteiger partial charge in [-0.15, -0.1) is 0 Å². The van der Waals surface area contributed by atoms with Crippen molar-refractivity contribution in [2.24, 2.45) is 0 Å². The van der Waals surface area contributed by atoms with E-state index in [0.29, 0.717) is 11.7 Å². The molecule has 1 aromatic carbocycles. The highest BCUT2D eigenvalue weighted by molar-refractivity contribution is 5.69. The van der Waals surface area contributed by atoms with Crippen LogP contribution in [-0.2, 0) is 0 Å². The van der Waals surface area contributed by atoms with Crippen LogP contribution in [0.3, 0.4) is 0 Å². The first-order valence-corrected chi connectivity index (χ1v) is 5.64. The van der Waals surface area contributed by atoms with Gasteiger partial charge in [0.15, 0.2) is 5.82 Å². The van der Waals surface area contributed by atoms with E-state index in [1.165, 1.54) is 6.07 Å². The average molecular weight is 226 g/mol. The number of hydrogen-bond donors (Lipinski definition) is 1. The minimum Gasteiger partial charge on any atom is -0.395 e. The van der Waals surface area contributed by atoms with Crippen LogP contribution in [0, 0.1) is 11.6 Å². The van der Waals surface area contributed by atoms with Crippen molar-refractivity contribution in [2.45, 2.75) is 32.2 Å². The molecule has 88 valence electrons. The molecule has 1 aromatic rings. The molecular weight excluding hydrogens is 210 g/mol. The van der Waals surface area contributed by atoms with E-state index in [0.717, 1.165) is 31.9 Å². The lowest BCUT2D eigenvalue weighted by Crippen LogP contribution is -2.29. The Morgan fingerprint density at radius 2 is 2.19 bits per heavy atom. The van der Waals surface area contributed by atoms with Crippen LogP contribution in [0.4, 0.5) is 20.2 Å². The second-order valence-electron chi connectivity index (χ2n) is 4.22. The van der Waals surface area contributed by atoms with Gasteiger partial charge in [0.25, 0.3) is 0 Å². The molecular formula is C12H16F2N2. The molecule has 0 amide bonds. The molecule has 0 spiro atoms. The summed E-state index contributed by atoms with van der Waals surface area (Å²) in [6, 6.07) is 2.51. The summed E-state index contributed by atoms with van der Waals surface area (Å²) < 4.78 is 26.5. The quantitative estimate of drug-likeness (QED) is 0.785. The number of anilines is 2. The molecule has 2 rings (SSSR count). The van der Waals surface area contributed by atoms with Crippen LogP contribution in [-0.4, -0.2) is 12.6 Å². The van der Waals surface area contributed by atoms with Crippen molar-refractivity contribution < 1.29 is 8.78 Å². The normalized spacial score (nSPS) is 20.4. The Morgan fingerprint density at radius 1 is 1.44 bits per heavy atom. The van der Waals surface area contributed by atoms with Crippen LogP contribution in [0.1, 0.15) is 26.2 Å². The van der Waals surface area contributed by atoms with Gasteiger partial charge < -0.3 is 10.6 Å². The molecule has 1 heterocycles. The third-order valence-electron chi connectivity index (χ3n) is 3.23. The van der Waals surface area contributed by atoms with Crippen molar-refractivity contribution in [3.63, 3.8) is 0 Å². The zero-order chi connectivity index (χ0) is 11.7. The lowest BCUT2D eigenvalue weighted by molar-refractivity contribution is 0.582. The van der Waals surface area contributed by atoms with Gasteiger partial charge in [-0.2, -0.15) is 0 Å². The van der Waals surface area contributed by atoms with Crippen molar-refractivity contribution in [1.29, 1.82) is 0 Å². The smallest absolute Gasteiger partial charge is 0.151 e. The largest absolute Gasteiger partial charge is 0.395 e. The predicted molar refractivity (Wildman–Crippen MR) is 61.4 cm³/mol. The Morgan fingerprint density at radius 3 is 2.88 bits per heavy atom. The molecule has 2 nitrogen and oxygen atoms in total. The summed E-state index contributed by atoms with van der Waals surface area (Å²) in [5.74, 6) is -1.24. The van der Waals surface area contributed by atoms with Gasteiger partial charge >= 0.3 is 0 Å². The molecule has 1 aliphatic rings. The SMILES string of the molecule is CCC1CCCN1c1cc(F)cc(F)c1N. The predicted octanol–water partition coefficient (Wildman–Crippen LogP) is 2.93. The maximum absolute atomic E-state index is 13.3. The van der Waals surface area contributed by atoms with Crippen LogP contribution < -0.4 is 10.6 Å². The topological polar surface area (TPSA) is 29.3 Å². The van der Waals surface area contributed by atoms with Gasteiger partial charge in [0.1, 0.15) is 5.82 Å². The highest BCUT2D eigenvalue weighted by Crippen LogP contribution is 2.33. The first-order valence-electron chi connectivity index (χ1n) is 5.64. The maximum atomic E-state index is 13.3. The second kappa shape index (κ2) is 4.28. The molecule has 1 saturated heterocycles. The molecule has 1 fully saturated rings. The number of halogens is 2. The minimum absolute atomic E-state index is 0.0572. The van der Waals surface area contributed by atoms with Crippen molar-refractivity contribution in [1.82, 2.24) is 0 Å². The number of nitrogens with zero attached hydrogens (tertiary/aromatic N) is 1. The molecule has 1 aliphatic heterocycles. The van der Waals surface area contributed by atoms with Gasteiger partial charge in [0.2, 0.25) is 0 Å². The Hall–Kier alpha value is -1.32. The fourth-order valence-corrected chi connectivity index (χ4v) is 2.39. The molecule has 0 radical (unpaired) electrons. The van der Waals surface area contributed by atoms with Gasteiger partial charge in [0, 0.05) is 18.7 Å². The standard InChI is InChI=1S/C12H16F2N2/c1-2-9-4-3-5-16(9)11-7-8(13)6-10(14)12(11)15/h6-7,9H,2-5,15H2,1H3. The Bertz CT molecular complexity index is 393. The van der Waals surface area contributed by atoms with Crippen molar-refractivity contribution >= 4 is 11.4 Å². The van der Waals surface area contributed by atoms with Crippen LogP contribution in [0.2, 0.25) is 0 Å². The third kappa shape index (κ3) is 1.84. The summed E-state index contributed by atoms with van der Waals surface area (Å²) in [5.41, 5.74) is 6.22. The molecule has 0 saturated carbocycles. The zero-order valence-corrected chi connectivity index (χ0v) is 9.34. The first-order chi connectivity index (χ1) is 7.63. The fourth-order valence-electron chi connectivity index (χ4n) is 2.39. The van der Waals surface area contributed by atoms with E-state index < -0.39 is 11.6 Å². The molecule has 1 atom stereocenters. The maximum Gasteiger partial charge on any atom is 0.151 e. The summed E-state index contributed by atoms with van der Waals surface area (Å²) in [7, 11) is 0. The van der Waals surface area contributed by atoms with E-state index in [4.69, 9.17) is 5.73 Å². The van der Waals surface area contributed by atoms with E-state index in [1.807, 2.05) is 4.90 Å². The van der Waals surface area contributed by atoms with Crippen molar-refractivity contribution in [3.05, 3.63) is 23.8 Å². The minimum atomic E-state index is -0.670. The Balaban J connectivity index is 2.39. The lowest BCUT2D eigenvalue weighted by Gasteiger charge is -2.27. The molecule has 0 aromatic heterocycles. The fraction of sp³-hybridized carbons (Fsp3) is 0.500. The van der Waals surface area contributed by atoms with Crippen LogP contribution >= 0.6 is 0 Å². The third-order valence-corrected chi connectivity index (χ3v) is 3.23. The van der Waals surface area contributed by atoms with E-state index in [1.54, 1.807) is 0 Å². The number of nitrogen functional groups attached to an aromatic ring is 1. The van der Waals surface area contributed by atoms with Crippen LogP contribution in [0.15, 0.2) is 12.1 Å². The molecule has 16 heavy (non-hydrogen) atoms. The molecule has 2 N–H and O–H groups in total. The summed E-state index contributed by atoms with van der Waals surface area (Å²) in [6.45, 7) is 2.90. The molecule has 0 bridgehead atoms. The van der Waals surface area contributed by atoms with Gasteiger partial charge in [-0.3, -0.25) is 0 Å². The monoisotopic (exact) mass is 226 g/mol. The van der Waals surface area contributed by atoms with Gasteiger partial charge in [-0.1, -0.05) is 6.92 Å². The number of nitrogens with two attached hydrogens (primary N) is 1. The first kappa shape index (κ1) is 11.2. The van der Waals surface area contributed by atoms with Crippen molar-refractivity contribution in [2.75, 3.05) is 17.2 Å². The highest BCUT2D eigenvalue weighted by atomic mass is 19.1. The van der Waals surface area contributed by atoms with Crippen molar-refractivity contribution in [3.8, 4) is 0 Å². The van der Waals surface area contributed by atoms with E-state index in [-0.39, 0.29) is 5.69 Å². The lowest BCUT2D eigenvalue weighted by atomic mass is 10.1. The molecule has 1 unspecified atom stereocenters. The van der Waals surface area contributed by atoms with Crippen LogP contribution in [0.5, 0.6) is 0 Å². The number of hydrogen-bond acceptors (Lipinski definition) is 2. The van der Waals surface area contributed by atoms with E-state index >= 15 is 0 Å². The number of rotatable bonds is 2. The summed E-state index contributed by atoms with van der Waals surface area (Å²) in [6.07, 6.45) is 3.09. The second-order valence-corrected chi connectivity index (χ2v) is 4.22. The summed E-state index contributed by atoms with van der Waals surface area (Å²) in [4.78, 5) is 2.02. The number of benzene rings is 1. The Labute approximate surface area is 94.0 Å². The van der Waals surface area contributed by atoms with Gasteiger partial charge in [-0.05, 0) is 25.3 Å². The Kier molecular flexibility index (Phi) is 2.99. The molecule has 4 heteroatoms. The summed E-state index contributed by atoms with van der Waals surface area (Å²) >= 11 is 0. The van der Waals surface area contributed by atoms with Gasteiger partial charge in [0.05, 0.1) is 11.4 Å². The van der Waals surface area contributed by atoms with E-state index in [9.17, 15) is 8.78 Å². The highest BCUT2D eigenvalue weighted by Gasteiger charge is 2.25. The zero-order valence-electron chi connectivity index (χ0n) is 9.34. The summed E-state index contributed by atoms with van der Waals surface area (Å²) in [5, 5.41) is 0. The molecule has 0 aliphatic carbocycles. The van der Waals surface area contributed by atoms with E-state index in [2.05, 4.69) is 6.92 Å².